The van der Waals surface area contributed by atoms with Crippen LogP contribution in [0.3, 0.4) is 0 Å². The molecule has 0 radical (unpaired) electrons. The first-order valence-electron chi connectivity index (χ1n) is 4.54. The topological polar surface area (TPSA) is 35.3 Å². The summed E-state index contributed by atoms with van der Waals surface area (Å²) in [6, 6.07) is 9.03. The quantitative estimate of drug-likeness (QED) is 0.802. The van der Waals surface area contributed by atoms with Gasteiger partial charge in [0.25, 0.3) is 0 Å². The molecule has 0 N–H and O–H groups in total. The molecule has 0 unspecified atom stereocenters. The van der Waals surface area contributed by atoms with Crippen molar-refractivity contribution >= 4 is 11.6 Å². The number of rotatable bonds is 3. The third-order valence-corrected chi connectivity index (χ3v) is 2.12. The van der Waals surface area contributed by atoms with E-state index in [2.05, 4.69) is 5.16 Å². The lowest BCUT2D eigenvalue weighted by atomic mass is 10.3. The maximum atomic E-state index is 5.75. The molecule has 4 heteroatoms. The summed E-state index contributed by atoms with van der Waals surface area (Å²) < 4.78 is 10.5. The maximum absolute atomic E-state index is 5.75. The van der Waals surface area contributed by atoms with Crippen LogP contribution in [0.4, 0.5) is 0 Å². The summed E-state index contributed by atoms with van der Waals surface area (Å²) in [6.07, 6.45) is 0. The fraction of sp³-hybridized carbons (Fsp3) is 0.182. The van der Waals surface area contributed by atoms with Gasteiger partial charge in [-0.25, -0.2) is 0 Å². The second-order valence-corrected chi connectivity index (χ2v) is 3.61. The molecule has 0 saturated heterocycles. The van der Waals surface area contributed by atoms with Crippen LogP contribution >= 0.6 is 11.6 Å². The minimum Gasteiger partial charge on any atom is -0.486 e. The number of ether oxygens (including phenoxy) is 1. The molecule has 0 saturated carbocycles. The summed E-state index contributed by atoms with van der Waals surface area (Å²) in [7, 11) is 0. The first kappa shape index (κ1) is 10.1. The van der Waals surface area contributed by atoms with Crippen molar-refractivity contribution in [1.29, 1.82) is 0 Å². The number of hydrogen-bond acceptors (Lipinski definition) is 3. The van der Waals surface area contributed by atoms with E-state index in [9.17, 15) is 0 Å². The molecule has 0 aliphatic rings. The molecule has 0 bridgehead atoms. The SMILES string of the molecule is Cc1cc(COc2ccc(Cl)cc2)on1. The van der Waals surface area contributed by atoms with E-state index in [0.29, 0.717) is 17.4 Å². The standard InChI is InChI=1S/C11H10ClNO2/c1-8-6-11(15-13-8)7-14-10-4-2-9(12)3-5-10/h2-6H,7H2,1H3. The van der Waals surface area contributed by atoms with Crippen molar-refractivity contribution in [2.75, 3.05) is 0 Å². The van der Waals surface area contributed by atoms with Gasteiger partial charge in [-0.1, -0.05) is 16.8 Å². The highest BCUT2D eigenvalue weighted by Crippen LogP contribution is 2.16. The first-order chi connectivity index (χ1) is 7.24. The van der Waals surface area contributed by atoms with Gasteiger partial charge in [0.2, 0.25) is 0 Å². The lowest BCUT2D eigenvalue weighted by Gasteiger charge is -2.02. The largest absolute Gasteiger partial charge is 0.486 e. The van der Waals surface area contributed by atoms with E-state index >= 15 is 0 Å². The Bertz CT molecular complexity index is 436. The van der Waals surface area contributed by atoms with Gasteiger partial charge in [-0.2, -0.15) is 0 Å². The van der Waals surface area contributed by atoms with Crippen LogP contribution in [0.25, 0.3) is 0 Å². The van der Waals surface area contributed by atoms with Crippen molar-refractivity contribution in [3.8, 4) is 5.75 Å². The summed E-state index contributed by atoms with van der Waals surface area (Å²) >= 11 is 5.75. The first-order valence-corrected chi connectivity index (χ1v) is 4.92. The molecular formula is C11H10ClNO2. The normalized spacial score (nSPS) is 10.3. The maximum Gasteiger partial charge on any atom is 0.174 e. The van der Waals surface area contributed by atoms with Gasteiger partial charge in [0.15, 0.2) is 5.76 Å². The van der Waals surface area contributed by atoms with Crippen LogP contribution in [0.1, 0.15) is 11.5 Å². The van der Waals surface area contributed by atoms with Crippen molar-refractivity contribution in [3.05, 3.63) is 46.8 Å². The zero-order valence-electron chi connectivity index (χ0n) is 8.24. The summed E-state index contributed by atoms with van der Waals surface area (Å²) in [6.45, 7) is 2.25. The van der Waals surface area contributed by atoms with E-state index < -0.39 is 0 Å². The van der Waals surface area contributed by atoms with Gasteiger partial charge in [0, 0.05) is 11.1 Å². The average molecular weight is 224 g/mol. The Morgan fingerprint density at radius 3 is 2.67 bits per heavy atom. The smallest absolute Gasteiger partial charge is 0.174 e. The number of hydrogen-bond donors (Lipinski definition) is 0. The van der Waals surface area contributed by atoms with E-state index in [1.165, 1.54) is 0 Å². The second kappa shape index (κ2) is 4.36. The molecule has 0 atom stereocenters. The predicted octanol–water partition coefficient (Wildman–Crippen LogP) is 3.22. The Morgan fingerprint density at radius 2 is 2.07 bits per heavy atom. The van der Waals surface area contributed by atoms with Gasteiger partial charge in [0.05, 0.1) is 5.69 Å². The van der Waals surface area contributed by atoms with Crippen LogP contribution in [-0.4, -0.2) is 5.16 Å². The van der Waals surface area contributed by atoms with E-state index in [4.69, 9.17) is 20.9 Å². The van der Waals surface area contributed by atoms with Crippen LogP contribution in [0, 0.1) is 6.92 Å². The van der Waals surface area contributed by atoms with E-state index in [1.54, 1.807) is 12.1 Å². The van der Waals surface area contributed by atoms with Crippen LogP contribution in [0.5, 0.6) is 5.75 Å². The van der Waals surface area contributed by atoms with Crippen molar-refractivity contribution < 1.29 is 9.26 Å². The highest BCUT2D eigenvalue weighted by molar-refractivity contribution is 6.30. The Morgan fingerprint density at radius 1 is 1.33 bits per heavy atom. The lowest BCUT2D eigenvalue weighted by molar-refractivity contribution is 0.249. The third kappa shape index (κ3) is 2.73. The molecule has 2 aromatic rings. The number of aryl methyl sites for hydroxylation is 1. The van der Waals surface area contributed by atoms with E-state index in [0.717, 1.165) is 11.4 Å². The number of benzene rings is 1. The monoisotopic (exact) mass is 223 g/mol. The lowest BCUT2D eigenvalue weighted by Crippen LogP contribution is -1.93. The molecule has 0 fully saturated rings. The molecule has 0 aliphatic heterocycles. The second-order valence-electron chi connectivity index (χ2n) is 3.18. The zero-order valence-corrected chi connectivity index (χ0v) is 8.99. The Hall–Kier alpha value is -1.48. The van der Waals surface area contributed by atoms with Crippen molar-refractivity contribution in [1.82, 2.24) is 5.16 Å². The molecule has 0 aliphatic carbocycles. The Labute approximate surface area is 92.6 Å². The van der Waals surface area contributed by atoms with E-state index in [-0.39, 0.29) is 0 Å². The van der Waals surface area contributed by atoms with Gasteiger partial charge >= 0.3 is 0 Å². The highest BCUT2D eigenvalue weighted by atomic mass is 35.5. The fourth-order valence-electron chi connectivity index (χ4n) is 1.17. The summed E-state index contributed by atoms with van der Waals surface area (Å²) in [5.74, 6) is 1.47. The van der Waals surface area contributed by atoms with Crippen LogP contribution in [0.15, 0.2) is 34.9 Å². The van der Waals surface area contributed by atoms with Gasteiger partial charge in [-0.05, 0) is 31.2 Å². The summed E-state index contributed by atoms with van der Waals surface area (Å²) in [4.78, 5) is 0. The third-order valence-electron chi connectivity index (χ3n) is 1.87. The molecule has 1 heterocycles. The molecule has 2 rings (SSSR count). The van der Waals surface area contributed by atoms with Crippen molar-refractivity contribution in [2.45, 2.75) is 13.5 Å². The van der Waals surface area contributed by atoms with E-state index in [1.807, 2.05) is 25.1 Å². The minimum absolute atomic E-state index is 0.377. The highest BCUT2D eigenvalue weighted by Gasteiger charge is 2.01. The molecule has 0 spiro atoms. The van der Waals surface area contributed by atoms with Crippen LogP contribution in [-0.2, 0) is 6.61 Å². The zero-order chi connectivity index (χ0) is 10.7. The number of halogens is 1. The van der Waals surface area contributed by atoms with Crippen LogP contribution in [0.2, 0.25) is 5.02 Å². The Kier molecular flexibility index (Phi) is 2.92. The molecule has 1 aromatic heterocycles. The van der Waals surface area contributed by atoms with Gasteiger partial charge in [-0.3, -0.25) is 0 Å². The molecule has 1 aromatic carbocycles. The molecule has 78 valence electrons. The van der Waals surface area contributed by atoms with Gasteiger partial charge < -0.3 is 9.26 Å². The number of nitrogens with zero attached hydrogens (tertiary/aromatic N) is 1. The molecule has 15 heavy (non-hydrogen) atoms. The van der Waals surface area contributed by atoms with Gasteiger partial charge in [-0.15, -0.1) is 0 Å². The van der Waals surface area contributed by atoms with Crippen LogP contribution < -0.4 is 4.74 Å². The molecule has 0 amide bonds. The predicted molar refractivity (Wildman–Crippen MR) is 57.0 cm³/mol. The average Bonchev–Trinajstić information content (AvgIpc) is 2.64. The van der Waals surface area contributed by atoms with Crippen molar-refractivity contribution in [2.24, 2.45) is 0 Å². The Balaban J connectivity index is 1.96. The molecule has 3 nitrogen and oxygen atoms in total. The number of aromatic nitrogens is 1. The summed E-state index contributed by atoms with van der Waals surface area (Å²) in [5, 5.41) is 4.46. The van der Waals surface area contributed by atoms with Gasteiger partial charge in [0.1, 0.15) is 12.4 Å². The van der Waals surface area contributed by atoms with Crippen molar-refractivity contribution in [3.63, 3.8) is 0 Å². The fourth-order valence-corrected chi connectivity index (χ4v) is 1.30. The summed E-state index contributed by atoms with van der Waals surface area (Å²) in [5.41, 5.74) is 0.852. The minimum atomic E-state index is 0.377. The molecular weight excluding hydrogens is 214 g/mol.